The number of aromatic nitrogens is 2. The third-order valence-corrected chi connectivity index (χ3v) is 4.36. The van der Waals surface area contributed by atoms with Gasteiger partial charge in [-0.05, 0) is 48.9 Å². The first kappa shape index (κ1) is 18.8. The van der Waals surface area contributed by atoms with E-state index in [0.29, 0.717) is 11.9 Å². The number of guanidine groups is 1. The Hall–Kier alpha value is -1.57. The van der Waals surface area contributed by atoms with Crippen LogP contribution in [-0.4, -0.2) is 40.3 Å². The van der Waals surface area contributed by atoms with E-state index in [4.69, 9.17) is 5.73 Å². The summed E-state index contributed by atoms with van der Waals surface area (Å²) in [7, 11) is 0. The molecule has 2 heterocycles. The fraction of sp³-hybridized carbons (Fsp3) is 0.444. The van der Waals surface area contributed by atoms with Crippen molar-refractivity contribution in [1.82, 2.24) is 14.7 Å². The van der Waals surface area contributed by atoms with Gasteiger partial charge in [0.25, 0.3) is 0 Å². The van der Waals surface area contributed by atoms with Gasteiger partial charge in [0.15, 0.2) is 5.96 Å². The number of hydrogen-bond donors (Lipinski definition) is 1. The minimum absolute atomic E-state index is 0. The Labute approximate surface area is 161 Å². The van der Waals surface area contributed by atoms with Gasteiger partial charge in [-0.2, -0.15) is 5.10 Å². The van der Waals surface area contributed by atoms with E-state index in [1.54, 1.807) is 6.20 Å². The van der Waals surface area contributed by atoms with Crippen LogP contribution in [0.2, 0.25) is 0 Å². The first-order valence-electron chi connectivity index (χ1n) is 8.36. The Balaban J connectivity index is 0.00000208. The van der Waals surface area contributed by atoms with Crippen molar-refractivity contribution in [3.05, 3.63) is 48.3 Å². The molecule has 3 rings (SSSR count). The molecule has 1 saturated heterocycles. The number of benzene rings is 1. The number of likely N-dealkylation sites (tertiary alicyclic amines) is 1. The molecule has 1 atom stereocenters. The summed E-state index contributed by atoms with van der Waals surface area (Å²) < 4.78 is 1.86. The number of nitrogens with two attached hydrogens (primary N) is 1. The largest absolute Gasteiger partial charge is 0.370 e. The fourth-order valence-electron chi connectivity index (χ4n) is 3.03. The summed E-state index contributed by atoms with van der Waals surface area (Å²) in [5, 5.41) is 4.23. The molecule has 1 aromatic carbocycles. The van der Waals surface area contributed by atoms with Crippen LogP contribution in [0.25, 0.3) is 5.69 Å². The molecule has 0 radical (unpaired) electrons. The second-order valence-electron chi connectivity index (χ2n) is 6.30. The topological polar surface area (TPSA) is 59.4 Å². The highest BCUT2D eigenvalue weighted by Gasteiger charge is 2.17. The van der Waals surface area contributed by atoms with Gasteiger partial charge < -0.3 is 10.6 Å². The number of aliphatic imine (C=N–C) groups is 1. The zero-order chi connectivity index (χ0) is 16.1. The summed E-state index contributed by atoms with van der Waals surface area (Å²) in [4.78, 5) is 6.77. The molecule has 2 aromatic rings. The first-order valence-corrected chi connectivity index (χ1v) is 8.36. The minimum atomic E-state index is 0. The lowest BCUT2D eigenvalue weighted by atomic mass is 10.0. The molecule has 0 bridgehead atoms. The monoisotopic (exact) mass is 439 g/mol. The van der Waals surface area contributed by atoms with E-state index in [1.807, 2.05) is 16.9 Å². The van der Waals surface area contributed by atoms with Crippen molar-refractivity contribution in [2.45, 2.75) is 26.2 Å². The molecule has 0 spiro atoms. The van der Waals surface area contributed by atoms with Gasteiger partial charge in [-0.25, -0.2) is 4.68 Å². The van der Waals surface area contributed by atoms with Crippen molar-refractivity contribution in [1.29, 1.82) is 0 Å². The number of rotatable bonds is 4. The SMILES string of the molecule is CC1CCCN(C(N)=NCCc2ccc(-n3cccn3)cc2)C1.I. The van der Waals surface area contributed by atoms with Crippen molar-refractivity contribution >= 4 is 29.9 Å². The maximum Gasteiger partial charge on any atom is 0.191 e. The van der Waals surface area contributed by atoms with Crippen LogP contribution < -0.4 is 5.73 Å². The third kappa shape index (κ3) is 4.96. The Bertz CT molecular complexity index is 636. The van der Waals surface area contributed by atoms with Crippen LogP contribution in [0.15, 0.2) is 47.7 Å². The standard InChI is InChI=1S/C18H25N5.HI/c1-15-4-2-12-22(14-15)18(19)20-11-9-16-5-7-17(8-6-16)23-13-3-10-21-23;/h3,5-8,10,13,15H,2,4,9,11-12,14H2,1H3,(H2,19,20);1H. The van der Waals surface area contributed by atoms with Crippen LogP contribution in [0.1, 0.15) is 25.3 Å². The molecule has 1 aromatic heterocycles. The number of piperidine rings is 1. The lowest BCUT2D eigenvalue weighted by Gasteiger charge is -2.31. The average molecular weight is 439 g/mol. The van der Waals surface area contributed by atoms with Crippen LogP contribution in [0.3, 0.4) is 0 Å². The van der Waals surface area contributed by atoms with Crippen molar-refractivity contribution in [3.8, 4) is 5.69 Å². The van der Waals surface area contributed by atoms with Gasteiger partial charge in [-0.1, -0.05) is 19.1 Å². The predicted molar refractivity (Wildman–Crippen MR) is 109 cm³/mol. The number of hydrogen-bond acceptors (Lipinski definition) is 2. The van der Waals surface area contributed by atoms with Gasteiger partial charge >= 0.3 is 0 Å². The van der Waals surface area contributed by atoms with Gasteiger partial charge in [0, 0.05) is 32.0 Å². The van der Waals surface area contributed by atoms with Gasteiger partial charge in [0.1, 0.15) is 0 Å². The molecular formula is C18H26IN5. The number of halogens is 1. The molecule has 1 fully saturated rings. The zero-order valence-electron chi connectivity index (χ0n) is 14.1. The lowest BCUT2D eigenvalue weighted by molar-refractivity contribution is 0.270. The van der Waals surface area contributed by atoms with E-state index in [0.717, 1.165) is 31.7 Å². The maximum atomic E-state index is 6.13. The van der Waals surface area contributed by atoms with Crippen LogP contribution in [0, 0.1) is 5.92 Å². The highest BCUT2D eigenvalue weighted by atomic mass is 127. The number of nitrogens with zero attached hydrogens (tertiary/aromatic N) is 4. The Morgan fingerprint density at radius 2 is 2.12 bits per heavy atom. The Morgan fingerprint density at radius 3 is 2.79 bits per heavy atom. The summed E-state index contributed by atoms with van der Waals surface area (Å²) >= 11 is 0. The second kappa shape index (κ2) is 9.05. The molecular weight excluding hydrogens is 413 g/mol. The summed E-state index contributed by atoms with van der Waals surface area (Å²) in [6.45, 7) is 5.09. The first-order chi connectivity index (χ1) is 11.2. The van der Waals surface area contributed by atoms with E-state index in [9.17, 15) is 0 Å². The molecule has 0 amide bonds. The fourth-order valence-corrected chi connectivity index (χ4v) is 3.03. The van der Waals surface area contributed by atoms with E-state index in [2.05, 4.69) is 46.2 Å². The zero-order valence-corrected chi connectivity index (χ0v) is 16.5. The highest BCUT2D eigenvalue weighted by molar-refractivity contribution is 14.0. The minimum Gasteiger partial charge on any atom is -0.370 e. The van der Waals surface area contributed by atoms with E-state index < -0.39 is 0 Å². The summed E-state index contributed by atoms with van der Waals surface area (Å²) in [6.07, 6.45) is 7.15. The van der Waals surface area contributed by atoms with Crippen molar-refractivity contribution in [2.24, 2.45) is 16.6 Å². The van der Waals surface area contributed by atoms with Gasteiger partial charge in [0.05, 0.1) is 5.69 Å². The molecule has 2 N–H and O–H groups in total. The molecule has 130 valence electrons. The molecule has 24 heavy (non-hydrogen) atoms. The van der Waals surface area contributed by atoms with Crippen LogP contribution in [0.4, 0.5) is 0 Å². The molecule has 0 aliphatic carbocycles. The smallest absolute Gasteiger partial charge is 0.191 e. The maximum absolute atomic E-state index is 6.13. The third-order valence-electron chi connectivity index (χ3n) is 4.36. The highest BCUT2D eigenvalue weighted by Crippen LogP contribution is 2.15. The molecule has 1 aliphatic rings. The van der Waals surface area contributed by atoms with Crippen LogP contribution >= 0.6 is 24.0 Å². The Kier molecular flexibility index (Phi) is 7.08. The molecule has 1 aliphatic heterocycles. The van der Waals surface area contributed by atoms with E-state index in [-0.39, 0.29) is 24.0 Å². The van der Waals surface area contributed by atoms with Crippen LogP contribution in [-0.2, 0) is 6.42 Å². The predicted octanol–water partition coefficient (Wildman–Crippen LogP) is 3.08. The lowest BCUT2D eigenvalue weighted by Crippen LogP contribution is -2.43. The van der Waals surface area contributed by atoms with Crippen molar-refractivity contribution in [3.63, 3.8) is 0 Å². The summed E-state index contributed by atoms with van der Waals surface area (Å²) in [5.74, 6) is 1.41. The van der Waals surface area contributed by atoms with Gasteiger partial charge in [0.2, 0.25) is 0 Å². The summed E-state index contributed by atoms with van der Waals surface area (Å²) in [5.41, 5.74) is 8.47. The Morgan fingerprint density at radius 1 is 1.33 bits per heavy atom. The average Bonchev–Trinajstić information content (AvgIpc) is 3.10. The summed E-state index contributed by atoms with van der Waals surface area (Å²) in [6, 6.07) is 10.4. The quantitative estimate of drug-likeness (QED) is 0.453. The molecule has 5 nitrogen and oxygen atoms in total. The van der Waals surface area contributed by atoms with Crippen molar-refractivity contribution < 1.29 is 0 Å². The van der Waals surface area contributed by atoms with E-state index >= 15 is 0 Å². The van der Waals surface area contributed by atoms with Gasteiger partial charge in [-0.3, -0.25) is 4.99 Å². The van der Waals surface area contributed by atoms with E-state index in [1.165, 1.54) is 18.4 Å². The van der Waals surface area contributed by atoms with Crippen molar-refractivity contribution in [2.75, 3.05) is 19.6 Å². The normalized spacial score (nSPS) is 18.3. The molecule has 1 unspecified atom stereocenters. The molecule has 0 saturated carbocycles. The molecule has 6 heteroatoms. The second-order valence-corrected chi connectivity index (χ2v) is 6.30. The van der Waals surface area contributed by atoms with Gasteiger partial charge in [-0.15, -0.1) is 24.0 Å². The van der Waals surface area contributed by atoms with Crippen LogP contribution in [0.5, 0.6) is 0 Å².